The number of carbonyl (C=O) groups is 1. The molecule has 0 saturated carbocycles. The maximum Gasteiger partial charge on any atom is 0.251 e. The zero-order valence-electron chi connectivity index (χ0n) is 13.9. The van der Waals surface area contributed by atoms with Gasteiger partial charge in [0.2, 0.25) is 0 Å². The van der Waals surface area contributed by atoms with Crippen molar-refractivity contribution in [2.24, 2.45) is 0 Å². The van der Waals surface area contributed by atoms with Crippen molar-refractivity contribution in [2.45, 2.75) is 6.42 Å². The lowest BCUT2D eigenvalue weighted by Gasteiger charge is -2.15. The van der Waals surface area contributed by atoms with Crippen molar-refractivity contribution in [3.05, 3.63) is 52.0 Å². The number of methoxy groups -OCH3 is 3. The normalized spacial score (nSPS) is 10.2. The number of halogens is 1. The zero-order valence-corrected chi connectivity index (χ0v) is 15.5. The van der Waals surface area contributed by atoms with Gasteiger partial charge in [-0.2, -0.15) is 0 Å². The van der Waals surface area contributed by atoms with Crippen LogP contribution in [-0.2, 0) is 6.42 Å². The molecule has 0 fully saturated rings. The summed E-state index contributed by atoms with van der Waals surface area (Å²) < 4.78 is 16.9. The van der Waals surface area contributed by atoms with E-state index in [4.69, 9.17) is 14.2 Å². The minimum Gasteiger partial charge on any atom is -0.497 e. The van der Waals surface area contributed by atoms with E-state index in [0.29, 0.717) is 35.8 Å². The molecule has 0 bridgehead atoms. The van der Waals surface area contributed by atoms with Gasteiger partial charge in [-0.15, -0.1) is 0 Å². The molecule has 2 aromatic carbocycles. The van der Waals surface area contributed by atoms with Gasteiger partial charge in [0.05, 0.1) is 21.3 Å². The second-order valence-corrected chi connectivity index (χ2v) is 5.95. The van der Waals surface area contributed by atoms with Gasteiger partial charge in [-0.05, 0) is 30.7 Å². The van der Waals surface area contributed by atoms with Crippen LogP contribution in [0.25, 0.3) is 0 Å². The number of hydrogen-bond donors (Lipinski definition) is 1. The molecule has 0 atom stereocenters. The molecule has 2 rings (SSSR count). The predicted octanol–water partition coefficient (Wildman–Crippen LogP) is 3.45. The highest BCUT2D eigenvalue weighted by atomic mass is 79.9. The summed E-state index contributed by atoms with van der Waals surface area (Å²) in [5.41, 5.74) is 1.52. The summed E-state index contributed by atoms with van der Waals surface area (Å²) in [6.45, 7) is 0.470. The van der Waals surface area contributed by atoms with E-state index in [0.717, 1.165) is 10.0 Å². The molecule has 0 radical (unpaired) electrons. The zero-order chi connectivity index (χ0) is 17.5. The van der Waals surface area contributed by atoms with Crippen LogP contribution in [0.2, 0.25) is 0 Å². The maximum absolute atomic E-state index is 12.2. The van der Waals surface area contributed by atoms with Crippen LogP contribution in [0.15, 0.2) is 40.9 Å². The number of nitrogens with one attached hydrogen (secondary N) is 1. The van der Waals surface area contributed by atoms with Crippen molar-refractivity contribution in [1.82, 2.24) is 5.32 Å². The lowest BCUT2D eigenvalue weighted by molar-refractivity contribution is 0.0954. The molecule has 1 amide bonds. The summed E-state index contributed by atoms with van der Waals surface area (Å²) in [6, 6.07) is 10.9. The van der Waals surface area contributed by atoms with E-state index >= 15 is 0 Å². The fourth-order valence-electron chi connectivity index (χ4n) is 2.36. The van der Waals surface area contributed by atoms with Gasteiger partial charge in [-0.1, -0.05) is 22.0 Å². The molecule has 0 aromatic heterocycles. The molecule has 6 heteroatoms. The fourth-order valence-corrected chi connectivity index (χ4v) is 2.76. The minimum atomic E-state index is -0.120. The van der Waals surface area contributed by atoms with Crippen LogP contribution >= 0.6 is 15.9 Å². The van der Waals surface area contributed by atoms with Crippen molar-refractivity contribution in [3.63, 3.8) is 0 Å². The Morgan fingerprint density at radius 1 is 1.08 bits per heavy atom. The Balaban J connectivity index is 2.07. The molecule has 0 unspecified atom stereocenters. The average Bonchev–Trinajstić information content (AvgIpc) is 2.60. The molecule has 0 heterocycles. The van der Waals surface area contributed by atoms with Gasteiger partial charge in [0.25, 0.3) is 5.91 Å². The van der Waals surface area contributed by atoms with Gasteiger partial charge in [-0.25, -0.2) is 0 Å². The monoisotopic (exact) mass is 393 g/mol. The Kier molecular flexibility index (Phi) is 6.49. The molecule has 1 N–H and O–H groups in total. The average molecular weight is 394 g/mol. The third kappa shape index (κ3) is 4.41. The molecule has 128 valence electrons. The number of amides is 1. The largest absolute Gasteiger partial charge is 0.497 e. The van der Waals surface area contributed by atoms with Crippen LogP contribution in [0.3, 0.4) is 0 Å². The first-order chi connectivity index (χ1) is 11.6. The van der Waals surface area contributed by atoms with Crippen molar-refractivity contribution in [1.29, 1.82) is 0 Å². The van der Waals surface area contributed by atoms with Crippen molar-refractivity contribution in [3.8, 4) is 17.2 Å². The molecule has 0 aliphatic carbocycles. The number of hydrogen-bond acceptors (Lipinski definition) is 4. The van der Waals surface area contributed by atoms with E-state index in [1.54, 1.807) is 39.5 Å². The van der Waals surface area contributed by atoms with E-state index in [9.17, 15) is 4.79 Å². The number of ether oxygens (including phenoxy) is 3. The third-order valence-electron chi connectivity index (χ3n) is 3.53. The second kappa shape index (κ2) is 8.59. The van der Waals surface area contributed by atoms with Crippen molar-refractivity contribution in [2.75, 3.05) is 27.9 Å². The van der Waals surface area contributed by atoms with Gasteiger partial charge >= 0.3 is 0 Å². The minimum absolute atomic E-state index is 0.120. The smallest absolute Gasteiger partial charge is 0.251 e. The Bertz CT molecular complexity index is 718. The molecule has 24 heavy (non-hydrogen) atoms. The van der Waals surface area contributed by atoms with E-state index in [1.807, 2.05) is 18.2 Å². The second-order valence-electron chi connectivity index (χ2n) is 5.04. The number of rotatable bonds is 7. The van der Waals surface area contributed by atoms with Crippen LogP contribution in [0, 0.1) is 0 Å². The summed E-state index contributed by atoms with van der Waals surface area (Å²) in [5, 5.41) is 2.90. The van der Waals surface area contributed by atoms with Crippen LogP contribution in [0.4, 0.5) is 0 Å². The van der Waals surface area contributed by atoms with E-state index in [2.05, 4.69) is 21.2 Å². The topological polar surface area (TPSA) is 56.8 Å². The van der Waals surface area contributed by atoms with Crippen LogP contribution in [0.5, 0.6) is 17.2 Å². The maximum atomic E-state index is 12.2. The first kappa shape index (κ1) is 18.1. The lowest BCUT2D eigenvalue weighted by atomic mass is 10.1. The van der Waals surface area contributed by atoms with Gasteiger partial charge in [0, 0.05) is 28.2 Å². The Morgan fingerprint density at radius 2 is 1.88 bits per heavy atom. The third-order valence-corrected chi connectivity index (χ3v) is 4.02. The Hall–Kier alpha value is -2.21. The molecule has 2 aromatic rings. The van der Waals surface area contributed by atoms with Crippen molar-refractivity contribution < 1.29 is 19.0 Å². The Morgan fingerprint density at radius 3 is 2.50 bits per heavy atom. The molecular formula is C18H20BrNO4. The summed E-state index contributed by atoms with van der Waals surface area (Å²) in [6.07, 6.45) is 0.594. The van der Waals surface area contributed by atoms with E-state index in [-0.39, 0.29) is 5.91 Å². The number of benzene rings is 2. The van der Waals surface area contributed by atoms with E-state index < -0.39 is 0 Å². The molecular weight excluding hydrogens is 374 g/mol. The van der Waals surface area contributed by atoms with Gasteiger partial charge in [0.1, 0.15) is 5.75 Å². The molecule has 0 saturated heterocycles. The molecule has 0 spiro atoms. The first-order valence-corrected chi connectivity index (χ1v) is 8.21. The van der Waals surface area contributed by atoms with Gasteiger partial charge in [-0.3, -0.25) is 4.79 Å². The predicted molar refractivity (Wildman–Crippen MR) is 96.3 cm³/mol. The summed E-state index contributed by atoms with van der Waals surface area (Å²) in [5.74, 6) is 1.81. The van der Waals surface area contributed by atoms with Crippen molar-refractivity contribution >= 4 is 21.8 Å². The molecule has 0 aliphatic heterocycles. The SMILES string of the molecule is COc1cc(CCNC(=O)c2cccc(Br)c2)c(OC)c(OC)c1. The highest BCUT2D eigenvalue weighted by Gasteiger charge is 2.13. The highest BCUT2D eigenvalue weighted by molar-refractivity contribution is 9.10. The lowest BCUT2D eigenvalue weighted by Crippen LogP contribution is -2.25. The standard InChI is InChI=1S/C18H20BrNO4/c1-22-15-10-12(17(24-3)16(11-15)23-2)7-8-20-18(21)13-5-4-6-14(19)9-13/h4-6,9-11H,7-8H2,1-3H3,(H,20,21). The summed E-state index contributed by atoms with van der Waals surface area (Å²) in [4.78, 5) is 12.2. The Labute approximate surface area is 150 Å². The first-order valence-electron chi connectivity index (χ1n) is 7.41. The summed E-state index contributed by atoms with van der Waals surface area (Å²) >= 11 is 3.36. The van der Waals surface area contributed by atoms with Crippen LogP contribution in [0.1, 0.15) is 15.9 Å². The number of carbonyl (C=O) groups excluding carboxylic acids is 1. The molecule has 0 aliphatic rings. The molecule has 5 nitrogen and oxygen atoms in total. The fraction of sp³-hybridized carbons (Fsp3) is 0.278. The summed E-state index contributed by atoms with van der Waals surface area (Å²) in [7, 11) is 4.77. The quantitative estimate of drug-likeness (QED) is 0.782. The van der Waals surface area contributed by atoms with E-state index in [1.165, 1.54) is 0 Å². The van der Waals surface area contributed by atoms with Crippen LogP contribution < -0.4 is 19.5 Å². The highest BCUT2D eigenvalue weighted by Crippen LogP contribution is 2.35. The van der Waals surface area contributed by atoms with Gasteiger partial charge < -0.3 is 19.5 Å². The van der Waals surface area contributed by atoms with Crippen LogP contribution in [-0.4, -0.2) is 33.8 Å². The van der Waals surface area contributed by atoms with Gasteiger partial charge in [0.15, 0.2) is 11.5 Å².